The molecule has 0 radical (unpaired) electrons. The van der Waals surface area contributed by atoms with E-state index in [-0.39, 0.29) is 18.3 Å². The van der Waals surface area contributed by atoms with E-state index in [0.29, 0.717) is 11.4 Å². The summed E-state index contributed by atoms with van der Waals surface area (Å²) in [6.45, 7) is 5.85. The standard InChI is InChI=1S/C17H19BrN4O.ClH/c1-12-2-3-13(18)10-15(12)17(23)21-16-5-4-14(11-20-16)22-8-6-19-7-9-22;/h2-5,10-11,19H,6-9H2,1H3,(H,20,21,23);1H. The summed E-state index contributed by atoms with van der Waals surface area (Å²) in [7, 11) is 0. The lowest BCUT2D eigenvalue weighted by atomic mass is 10.1. The Kier molecular flexibility index (Phi) is 6.60. The number of aromatic nitrogens is 1. The maximum atomic E-state index is 12.4. The Morgan fingerprint density at radius 2 is 2.00 bits per heavy atom. The molecule has 1 fully saturated rings. The molecule has 24 heavy (non-hydrogen) atoms. The van der Waals surface area contributed by atoms with Crippen LogP contribution in [0.3, 0.4) is 0 Å². The first-order chi connectivity index (χ1) is 11.1. The summed E-state index contributed by atoms with van der Waals surface area (Å²) >= 11 is 3.40. The molecule has 0 atom stereocenters. The third kappa shape index (κ3) is 4.47. The summed E-state index contributed by atoms with van der Waals surface area (Å²) in [6, 6.07) is 9.51. The van der Waals surface area contributed by atoms with Gasteiger partial charge < -0.3 is 15.5 Å². The first-order valence-electron chi connectivity index (χ1n) is 7.63. The van der Waals surface area contributed by atoms with Crippen LogP contribution in [-0.4, -0.2) is 37.1 Å². The van der Waals surface area contributed by atoms with E-state index in [1.807, 2.05) is 43.5 Å². The summed E-state index contributed by atoms with van der Waals surface area (Å²) in [6.07, 6.45) is 1.81. The van der Waals surface area contributed by atoms with E-state index in [2.05, 4.69) is 36.4 Å². The van der Waals surface area contributed by atoms with Gasteiger partial charge in [0.05, 0.1) is 11.9 Å². The van der Waals surface area contributed by atoms with Crippen molar-refractivity contribution in [1.29, 1.82) is 0 Å². The molecule has 128 valence electrons. The van der Waals surface area contributed by atoms with Crippen LogP contribution in [0.4, 0.5) is 11.5 Å². The van der Waals surface area contributed by atoms with Crippen molar-refractivity contribution in [3.05, 3.63) is 52.1 Å². The van der Waals surface area contributed by atoms with Gasteiger partial charge in [-0.3, -0.25) is 4.79 Å². The number of amides is 1. The van der Waals surface area contributed by atoms with Gasteiger partial charge >= 0.3 is 0 Å². The second-order valence-electron chi connectivity index (χ2n) is 5.55. The molecule has 1 saturated heterocycles. The molecule has 1 aliphatic heterocycles. The van der Waals surface area contributed by atoms with Crippen molar-refractivity contribution in [3.8, 4) is 0 Å². The number of carbonyl (C=O) groups is 1. The number of nitrogens with zero attached hydrogens (tertiary/aromatic N) is 2. The van der Waals surface area contributed by atoms with E-state index < -0.39 is 0 Å². The van der Waals surface area contributed by atoms with Gasteiger partial charge in [-0.05, 0) is 36.8 Å². The Labute approximate surface area is 156 Å². The van der Waals surface area contributed by atoms with Crippen LogP contribution in [0, 0.1) is 6.92 Å². The SMILES string of the molecule is Cc1ccc(Br)cc1C(=O)Nc1ccc(N2CCNCC2)cn1.Cl. The average Bonchev–Trinajstić information content (AvgIpc) is 2.58. The van der Waals surface area contributed by atoms with E-state index in [1.54, 1.807) is 0 Å². The second kappa shape index (κ2) is 8.46. The maximum absolute atomic E-state index is 12.4. The van der Waals surface area contributed by atoms with Crippen molar-refractivity contribution in [3.63, 3.8) is 0 Å². The predicted octanol–water partition coefficient (Wildman–Crippen LogP) is 3.24. The summed E-state index contributed by atoms with van der Waals surface area (Å²) in [5.74, 6) is 0.416. The molecular formula is C17H20BrClN4O. The zero-order valence-corrected chi connectivity index (χ0v) is 15.8. The summed E-state index contributed by atoms with van der Waals surface area (Å²) < 4.78 is 0.885. The smallest absolute Gasteiger partial charge is 0.257 e. The fraction of sp³-hybridized carbons (Fsp3) is 0.294. The highest BCUT2D eigenvalue weighted by Gasteiger charge is 2.13. The van der Waals surface area contributed by atoms with Crippen LogP contribution < -0.4 is 15.5 Å². The molecule has 0 unspecified atom stereocenters. The molecule has 3 rings (SSSR count). The fourth-order valence-corrected chi connectivity index (χ4v) is 2.95. The minimum absolute atomic E-state index is 0. The topological polar surface area (TPSA) is 57.3 Å². The van der Waals surface area contributed by atoms with Crippen molar-refractivity contribution in [2.24, 2.45) is 0 Å². The third-order valence-corrected chi connectivity index (χ3v) is 4.41. The van der Waals surface area contributed by atoms with Crippen LogP contribution in [0.2, 0.25) is 0 Å². The van der Waals surface area contributed by atoms with E-state index in [9.17, 15) is 4.79 Å². The lowest BCUT2D eigenvalue weighted by Gasteiger charge is -2.29. The minimum atomic E-state index is -0.147. The van der Waals surface area contributed by atoms with E-state index >= 15 is 0 Å². The quantitative estimate of drug-likeness (QED) is 0.814. The number of aryl methyl sites for hydroxylation is 1. The highest BCUT2D eigenvalue weighted by molar-refractivity contribution is 9.10. The second-order valence-corrected chi connectivity index (χ2v) is 6.47. The van der Waals surface area contributed by atoms with E-state index in [1.165, 1.54) is 0 Å². The van der Waals surface area contributed by atoms with Gasteiger partial charge in [-0.2, -0.15) is 0 Å². The number of rotatable bonds is 3. The minimum Gasteiger partial charge on any atom is -0.368 e. The van der Waals surface area contributed by atoms with Gasteiger partial charge in [-0.1, -0.05) is 22.0 Å². The number of halogens is 2. The van der Waals surface area contributed by atoms with Crippen molar-refractivity contribution in [2.75, 3.05) is 36.4 Å². The molecule has 5 nitrogen and oxygen atoms in total. The molecule has 1 aromatic carbocycles. The Bertz CT molecular complexity index is 702. The highest BCUT2D eigenvalue weighted by Crippen LogP contribution is 2.19. The highest BCUT2D eigenvalue weighted by atomic mass is 79.9. The molecule has 2 aromatic rings. The first kappa shape index (κ1) is 18.7. The van der Waals surface area contributed by atoms with Gasteiger partial charge in [0.15, 0.2) is 0 Å². The number of carbonyl (C=O) groups excluding carboxylic acids is 1. The van der Waals surface area contributed by atoms with Crippen molar-refractivity contribution in [2.45, 2.75) is 6.92 Å². The number of benzene rings is 1. The van der Waals surface area contributed by atoms with Crippen LogP contribution in [0.25, 0.3) is 0 Å². The van der Waals surface area contributed by atoms with Crippen LogP contribution in [0.5, 0.6) is 0 Å². The number of piperazine rings is 1. The van der Waals surface area contributed by atoms with Gasteiger partial charge in [0.2, 0.25) is 0 Å². The van der Waals surface area contributed by atoms with Crippen LogP contribution in [-0.2, 0) is 0 Å². The summed E-state index contributed by atoms with van der Waals surface area (Å²) in [4.78, 5) is 19.0. The number of hydrogen-bond donors (Lipinski definition) is 2. The van der Waals surface area contributed by atoms with Gasteiger partial charge in [-0.15, -0.1) is 12.4 Å². The van der Waals surface area contributed by atoms with Crippen molar-refractivity contribution < 1.29 is 4.79 Å². The zero-order valence-electron chi connectivity index (χ0n) is 13.4. The van der Waals surface area contributed by atoms with Gasteiger partial charge in [0.1, 0.15) is 5.82 Å². The Morgan fingerprint density at radius 1 is 1.25 bits per heavy atom. The average molecular weight is 412 g/mol. The normalized spacial score (nSPS) is 14.0. The molecule has 2 heterocycles. The van der Waals surface area contributed by atoms with Crippen molar-refractivity contribution >= 4 is 45.7 Å². The number of hydrogen-bond acceptors (Lipinski definition) is 4. The fourth-order valence-electron chi connectivity index (χ4n) is 2.59. The number of nitrogens with one attached hydrogen (secondary N) is 2. The summed E-state index contributed by atoms with van der Waals surface area (Å²) in [5.41, 5.74) is 2.67. The lowest BCUT2D eigenvalue weighted by Crippen LogP contribution is -2.43. The monoisotopic (exact) mass is 410 g/mol. The van der Waals surface area contributed by atoms with Crippen LogP contribution >= 0.6 is 28.3 Å². The molecule has 0 saturated carbocycles. The predicted molar refractivity (Wildman–Crippen MR) is 103 cm³/mol. The van der Waals surface area contributed by atoms with Crippen LogP contribution in [0.15, 0.2) is 41.0 Å². The van der Waals surface area contributed by atoms with E-state index in [4.69, 9.17) is 0 Å². The van der Waals surface area contributed by atoms with Gasteiger partial charge in [0.25, 0.3) is 5.91 Å². The number of pyridine rings is 1. The molecule has 7 heteroatoms. The first-order valence-corrected chi connectivity index (χ1v) is 8.42. The molecule has 2 N–H and O–H groups in total. The molecule has 1 aromatic heterocycles. The van der Waals surface area contributed by atoms with Gasteiger partial charge in [0, 0.05) is 36.2 Å². The molecule has 0 spiro atoms. The third-order valence-electron chi connectivity index (χ3n) is 3.92. The largest absolute Gasteiger partial charge is 0.368 e. The molecule has 1 amide bonds. The van der Waals surface area contributed by atoms with Crippen LogP contribution in [0.1, 0.15) is 15.9 Å². The number of anilines is 2. The lowest BCUT2D eigenvalue weighted by molar-refractivity contribution is 0.102. The zero-order chi connectivity index (χ0) is 16.2. The maximum Gasteiger partial charge on any atom is 0.257 e. The Morgan fingerprint density at radius 3 is 2.67 bits per heavy atom. The Balaban J connectivity index is 0.00000208. The molecule has 1 aliphatic rings. The van der Waals surface area contributed by atoms with Crippen molar-refractivity contribution in [1.82, 2.24) is 10.3 Å². The molecular weight excluding hydrogens is 392 g/mol. The van der Waals surface area contributed by atoms with E-state index in [0.717, 1.165) is 41.9 Å². The molecule has 0 bridgehead atoms. The van der Waals surface area contributed by atoms with Gasteiger partial charge in [-0.25, -0.2) is 4.98 Å². The Hall–Kier alpha value is -1.63. The molecule has 0 aliphatic carbocycles. The summed E-state index contributed by atoms with van der Waals surface area (Å²) in [5, 5.41) is 6.18.